The summed E-state index contributed by atoms with van der Waals surface area (Å²) in [7, 11) is -1.06. The summed E-state index contributed by atoms with van der Waals surface area (Å²) in [6.45, 7) is 9.15. The molecule has 7 heteroatoms. The van der Waals surface area contributed by atoms with Gasteiger partial charge in [0.05, 0.1) is 18.1 Å². The number of piperidine rings is 1. The highest BCUT2D eigenvalue weighted by atomic mass is 32.2. The summed E-state index contributed by atoms with van der Waals surface area (Å²) in [5.41, 5.74) is 0. The molecule has 0 spiro atoms. The molecule has 0 saturated carbocycles. The smallest absolute Gasteiger partial charge is 0.234 e. The molecular formula is C18H35N3O3S. The van der Waals surface area contributed by atoms with E-state index in [-0.39, 0.29) is 30.0 Å². The Balaban J connectivity index is 1.55. The lowest BCUT2D eigenvalue weighted by Crippen LogP contribution is -2.41. The molecule has 25 heavy (non-hydrogen) atoms. The van der Waals surface area contributed by atoms with Gasteiger partial charge in [0.1, 0.15) is 0 Å². The van der Waals surface area contributed by atoms with Crippen LogP contribution in [0.4, 0.5) is 0 Å². The number of sulfone groups is 1. The Kier molecular flexibility index (Phi) is 7.70. The first-order valence-electron chi connectivity index (χ1n) is 9.65. The van der Waals surface area contributed by atoms with E-state index in [1.54, 1.807) is 0 Å². The van der Waals surface area contributed by atoms with Crippen molar-refractivity contribution >= 4 is 15.7 Å². The van der Waals surface area contributed by atoms with Gasteiger partial charge < -0.3 is 10.2 Å². The third-order valence-corrected chi connectivity index (χ3v) is 7.14. The van der Waals surface area contributed by atoms with Crippen LogP contribution < -0.4 is 5.32 Å². The molecule has 0 aromatic carbocycles. The van der Waals surface area contributed by atoms with E-state index in [0.717, 1.165) is 31.2 Å². The lowest BCUT2D eigenvalue weighted by molar-refractivity contribution is -0.122. The molecule has 146 valence electrons. The Morgan fingerprint density at radius 1 is 1.20 bits per heavy atom. The zero-order chi connectivity index (χ0) is 18.4. The molecule has 2 fully saturated rings. The molecule has 2 rings (SSSR count). The van der Waals surface area contributed by atoms with Crippen molar-refractivity contribution in [2.75, 3.05) is 51.3 Å². The Morgan fingerprint density at radius 2 is 1.88 bits per heavy atom. The van der Waals surface area contributed by atoms with Gasteiger partial charge in [0.25, 0.3) is 0 Å². The van der Waals surface area contributed by atoms with Gasteiger partial charge in [-0.05, 0) is 51.1 Å². The van der Waals surface area contributed by atoms with E-state index >= 15 is 0 Å². The topological polar surface area (TPSA) is 69.7 Å². The van der Waals surface area contributed by atoms with Crippen molar-refractivity contribution in [1.82, 2.24) is 15.1 Å². The maximum atomic E-state index is 12.0. The van der Waals surface area contributed by atoms with Gasteiger partial charge in [0.15, 0.2) is 9.84 Å². The van der Waals surface area contributed by atoms with E-state index in [1.165, 1.54) is 19.5 Å². The number of nitrogens with one attached hydrogen (secondary N) is 1. The highest BCUT2D eigenvalue weighted by Gasteiger charge is 2.31. The number of hydrogen-bond donors (Lipinski definition) is 1. The summed E-state index contributed by atoms with van der Waals surface area (Å²) in [6.07, 6.45) is 4.07. The van der Waals surface area contributed by atoms with Crippen LogP contribution in [0.3, 0.4) is 0 Å². The van der Waals surface area contributed by atoms with Gasteiger partial charge >= 0.3 is 0 Å². The lowest BCUT2D eigenvalue weighted by Gasteiger charge is -2.34. The van der Waals surface area contributed by atoms with E-state index in [1.807, 2.05) is 11.9 Å². The quantitative estimate of drug-likeness (QED) is 0.642. The predicted molar refractivity (Wildman–Crippen MR) is 101 cm³/mol. The van der Waals surface area contributed by atoms with E-state index in [0.29, 0.717) is 13.0 Å². The largest absolute Gasteiger partial charge is 0.355 e. The molecule has 2 saturated heterocycles. The van der Waals surface area contributed by atoms with Crippen LogP contribution in [0.1, 0.15) is 39.5 Å². The minimum absolute atomic E-state index is 0.00739. The zero-order valence-electron chi connectivity index (χ0n) is 16.0. The summed E-state index contributed by atoms with van der Waals surface area (Å²) in [5.74, 6) is 2.00. The maximum Gasteiger partial charge on any atom is 0.234 e. The fourth-order valence-electron chi connectivity index (χ4n) is 4.20. The van der Waals surface area contributed by atoms with E-state index in [2.05, 4.69) is 24.1 Å². The normalized spacial score (nSPS) is 29.8. The average molecular weight is 374 g/mol. The van der Waals surface area contributed by atoms with Crippen molar-refractivity contribution in [3.05, 3.63) is 0 Å². The fraction of sp³-hybridized carbons (Fsp3) is 0.944. The molecule has 2 heterocycles. The highest BCUT2D eigenvalue weighted by molar-refractivity contribution is 7.91. The number of carbonyl (C=O) groups excluding carboxylic acids is 1. The van der Waals surface area contributed by atoms with Crippen LogP contribution >= 0.6 is 0 Å². The minimum Gasteiger partial charge on any atom is -0.355 e. The summed E-state index contributed by atoms with van der Waals surface area (Å²) >= 11 is 0. The molecule has 0 aromatic heterocycles. The second kappa shape index (κ2) is 9.33. The van der Waals surface area contributed by atoms with E-state index in [9.17, 15) is 13.2 Å². The molecular weight excluding hydrogens is 338 g/mol. The lowest BCUT2D eigenvalue weighted by atomic mass is 9.92. The van der Waals surface area contributed by atoms with Gasteiger partial charge in [-0.1, -0.05) is 13.8 Å². The number of amides is 1. The monoisotopic (exact) mass is 373 g/mol. The molecule has 0 bridgehead atoms. The number of likely N-dealkylation sites (N-methyl/N-ethyl adjacent to an activating group) is 1. The Labute approximate surface area is 153 Å². The third-order valence-electron chi connectivity index (χ3n) is 5.39. The first-order chi connectivity index (χ1) is 11.7. The van der Waals surface area contributed by atoms with E-state index in [4.69, 9.17) is 0 Å². The summed E-state index contributed by atoms with van der Waals surface area (Å²) < 4.78 is 23.0. The molecule has 3 unspecified atom stereocenters. The van der Waals surface area contributed by atoms with Crippen LogP contribution in [0, 0.1) is 11.8 Å². The minimum atomic E-state index is -2.90. The number of unbranched alkanes of at least 4 members (excludes halogenated alkanes) is 1. The molecule has 3 atom stereocenters. The van der Waals surface area contributed by atoms with Crippen molar-refractivity contribution in [1.29, 1.82) is 0 Å². The van der Waals surface area contributed by atoms with Crippen molar-refractivity contribution in [3.8, 4) is 0 Å². The van der Waals surface area contributed by atoms with Crippen LogP contribution in [0.2, 0.25) is 0 Å². The molecule has 2 aliphatic rings. The van der Waals surface area contributed by atoms with Gasteiger partial charge in [-0.2, -0.15) is 0 Å². The average Bonchev–Trinajstić information content (AvgIpc) is 2.86. The van der Waals surface area contributed by atoms with Gasteiger partial charge in [0.2, 0.25) is 5.91 Å². The van der Waals surface area contributed by atoms with Crippen LogP contribution in [-0.2, 0) is 14.6 Å². The van der Waals surface area contributed by atoms with Gasteiger partial charge in [-0.25, -0.2) is 8.42 Å². The number of likely N-dealkylation sites (tertiary alicyclic amines) is 1. The third kappa shape index (κ3) is 7.23. The van der Waals surface area contributed by atoms with Crippen molar-refractivity contribution in [3.63, 3.8) is 0 Å². The molecule has 0 radical (unpaired) electrons. The van der Waals surface area contributed by atoms with E-state index < -0.39 is 9.84 Å². The predicted octanol–water partition coefficient (Wildman–Crippen LogP) is 0.980. The second-order valence-electron chi connectivity index (χ2n) is 8.23. The Bertz CT molecular complexity index is 528. The number of carbonyl (C=O) groups is 1. The number of hydrogen-bond acceptors (Lipinski definition) is 5. The van der Waals surface area contributed by atoms with Crippen LogP contribution in [0.15, 0.2) is 0 Å². The molecule has 0 aromatic rings. The summed E-state index contributed by atoms with van der Waals surface area (Å²) in [6, 6.07) is -0.0150. The number of rotatable bonds is 8. The zero-order valence-corrected chi connectivity index (χ0v) is 16.9. The van der Waals surface area contributed by atoms with Crippen molar-refractivity contribution in [2.24, 2.45) is 11.8 Å². The molecule has 2 aliphatic heterocycles. The van der Waals surface area contributed by atoms with Gasteiger partial charge in [0, 0.05) is 25.7 Å². The Morgan fingerprint density at radius 3 is 2.48 bits per heavy atom. The first-order valence-corrected chi connectivity index (χ1v) is 11.5. The molecule has 1 N–H and O–H groups in total. The SMILES string of the molecule is CC1CC(C)CN(CCCCNC(=O)CN(C)C2CCS(=O)(=O)C2)C1. The second-order valence-corrected chi connectivity index (χ2v) is 10.5. The standard InChI is InChI=1S/C18H35N3O3S/c1-15-10-16(2)12-21(11-15)8-5-4-7-19-18(22)13-20(3)17-6-9-25(23,24)14-17/h15-17H,4-14H2,1-3H3,(H,19,22). The first kappa shape index (κ1) is 20.6. The molecule has 6 nitrogen and oxygen atoms in total. The summed E-state index contributed by atoms with van der Waals surface area (Å²) in [4.78, 5) is 16.4. The fourth-order valence-corrected chi connectivity index (χ4v) is 6.00. The summed E-state index contributed by atoms with van der Waals surface area (Å²) in [5, 5.41) is 2.96. The van der Waals surface area contributed by atoms with Crippen molar-refractivity contribution in [2.45, 2.75) is 45.6 Å². The Hall–Kier alpha value is -0.660. The van der Waals surface area contributed by atoms with Gasteiger partial charge in [-0.3, -0.25) is 9.69 Å². The molecule has 0 aliphatic carbocycles. The van der Waals surface area contributed by atoms with Crippen LogP contribution in [0.25, 0.3) is 0 Å². The van der Waals surface area contributed by atoms with Crippen LogP contribution in [-0.4, -0.2) is 81.4 Å². The maximum absolute atomic E-state index is 12.0. The highest BCUT2D eigenvalue weighted by Crippen LogP contribution is 2.21. The molecule has 1 amide bonds. The van der Waals surface area contributed by atoms with Crippen molar-refractivity contribution < 1.29 is 13.2 Å². The van der Waals surface area contributed by atoms with Gasteiger partial charge in [-0.15, -0.1) is 0 Å². The van der Waals surface area contributed by atoms with Crippen LogP contribution in [0.5, 0.6) is 0 Å². The number of nitrogens with zero attached hydrogens (tertiary/aromatic N) is 2.